The lowest BCUT2D eigenvalue weighted by atomic mass is 10.1. The van der Waals surface area contributed by atoms with Crippen molar-refractivity contribution in [2.45, 2.75) is 39.2 Å². The number of hydrogen-bond donors (Lipinski definition) is 1. The molecule has 2 amide bonds. The number of amides is 2. The summed E-state index contributed by atoms with van der Waals surface area (Å²) in [4.78, 5) is 23.8. The van der Waals surface area contributed by atoms with E-state index < -0.39 is 0 Å². The number of anilines is 1. The van der Waals surface area contributed by atoms with Gasteiger partial charge >= 0.3 is 6.03 Å². The normalized spacial score (nSPS) is 16.0. The van der Waals surface area contributed by atoms with E-state index >= 15 is 0 Å². The number of rotatable bonds is 4. The summed E-state index contributed by atoms with van der Waals surface area (Å²) in [5.74, 6) is 0.598. The summed E-state index contributed by atoms with van der Waals surface area (Å²) in [5.41, 5.74) is 0. The Bertz CT molecular complexity index is 629. The van der Waals surface area contributed by atoms with Crippen molar-refractivity contribution in [1.82, 2.24) is 19.4 Å². The molecule has 2 aromatic heterocycles. The number of thiazole rings is 1. The maximum absolute atomic E-state index is 12.4. The largest absolute Gasteiger partial charge is 0.334 e. The van der Waals surface area contributed by atoms with Crippen LogP contribution in [0.3, 0.4) is 0 Å². The molecule has 0 radical (unpaired) electrons. The Morgan fingerprint density at radius 3 is 2.87 bits per heavy atom. The molecule has 0 spiro atoms. The van der Waals surface area contributed by atoms with E-state index in [2.05, 4.69) is 33.7 Å². The summed E-state index contributed by atoms with van der Waals surface area (Å²) >= 11 is 1.57. The predicted molar refractivity (Wildman–Crippen MR) is 91.7 cm³/mol. The van der Waals surface area contributed by atoms with Gasteiger partial charge in [0.05, 0.1) is 6.33 Å². The second kappa shape index (κ2) is 7.12. The van der Waals surface area contributed by atoms with Crippen LogP contribution in [0.25, 0.3) is 0 Å². The fraction of sp³-hybridized carbons (Fsp3) is 0.562. The van der Waals surface area contributed by atoms with Gasteiger partial charge in [0.1, 0.15) is 0 Å². The second-order valence-corrected chi connectivity index (χ2v) is 7.50. The van der Waals surface area contributed by atoms with Crippen LogP contribution in [0.4, 0.5) is 9.93 Å². The number of urea groups is 1. The molecular weight excluding hydrogens is 310 g/mol. The molecule has 0 saturated carbocycles. The first-order chi connectivity index (χ1) is 11.1. The standard InChI is InChI=1S/C16H23N5OS/c1-12(2)9-14-10-18-15(23-14)19-16(22)20-6-3-13(4-7-20)21-8-5-17-11-21/h5,8,10-13H,3-4,6-7,9H2,1-2H3,(H,18,19,22). The third kappa shape index (κ3) is 4.10. The molecule has 1 saturated heterocycles. The Morgan fingerprint density at radius 1 is 1.43 bits per heavy atom. The number of piperidine rings is 1. The average Bonchev–Trinajstić information content (AvgIpc) is 3.19. The third-order valence-electron chi connectivity index (χ3n) is 4.08. The van der Waals surface area contributed by atoms with E-state index in [9.17, 15) is 4.79 Å². The summed E-state index contributed by atoms with van der Waals surface area (Å²) in [6.07, 6.45) is 10.4. The highest BCUT2D eigenvalue weighted by Gasteiger charge is 2.24. The van der Waals surface area contributed by atoms with Gasteiger partial charge in [-0.25, -0.2) is 14.8 Å². The van der Waals surface area contributed by atoms with Crippen LogP contribution in [0, 0.1) is 5.92 Å². The molecule has 6 nitrogen and oxygen atoms in total. The zero-order valence-corrected chi connectivity index (χ0v) is 14.4. The molecule has 1 fully saturated rings. The predicted octanol–water partition coefficient (Wildman–Crippen LogP) is 3.41. The van der Waals surface area contributed by atoms with Crippen LogP contribution in [0.5, 0.6) is 0 Å². The summed E-state index contributed by atoms with van der Waals surface area (Å²) in [7, 11) is 0. The Hall–Kier alpha value is -1.89. The highest BCUT2D eigenvalue weighted by atomic mass is 32.1. The van der Waals surface area contributed by atoms with Crippen LogP contribution >= 0.6 is 11.3 Å². The smallest absolute Gasteiger partial charge is 0.323 e. The number of aromatic nitrogens is 3. The lowest BCUT2D eigenvalue weighted by Crippen LogP contribution is -2.41. The van der Waals surface area contributed by atoms with Crippen LogP contribution in [0.1, 0.15) is 37.6 Å². The number of nitrogens with zero attached hydrogens (tertiary/aromatic N) is 4. The molecule has 124 valence electrons. The molecule has 0 aliphatic carbocycles. The van der Waals surface area contributed by atoms with Crippen LogP contribution < -0.4 is 5.32 Å². The van der Waals surface area contributed by atoms with Crippen molar-refractivity contribution >= 4 is 22.5 Å². The van der Waals surface area contributed by atoms with E-state index in [1.54, 1.807) is 17.5 Å². The van der Waals surface area contributed by atoms with E-state index in [-0.39, 0.29) is 6.03 Å². The fourth-order valence-corrected chi connectivity index (χ4v) is 3.90. The van der Waals surface area contributed by atoms with Gasteiger partial charge in [0.2, 0.25) is 0 Å². The van der Waals surface area contributed by atoms with Crippen molar-refractivity contribution in [3.05, 3.63) is 29.8 Å². The van der Waals surface area contributed by atoms with Gasteiger partial charge in [0.15, 0.2) is 5.13 Å². The highest BCUT2D eigenvalue weighted by Crippen LogP contribution is 2.24. The fourth-order valence-electron chi connectivity index (χ4n) is 2.89. The van der Waals surface area contributed by atoms with Gasteiger partial charge in [-0.15, -0.1) is 11.3 Å². The molecule has 0 unspecified atom stereocenters. The van der Waals surface area contributed by atoms with E-state index in [1.807, 2.05) is 23.6 Å². The molecule has 7 heteroatoms. The quantitative estimate of drug-likeness (QED) is 0.932. The molecule has 23 heavy (non-hydrogen) atoms. The first-order valence-electron chi connectivity index (χ1n) is 8.10. The topological polar surface area (TPSA) is 63.1 Å². The molecule has 0 bridgehead atoms. The Balaban J connectivity index is 1.50. The SMILES string of the molecule is CC(C)Cc1cnc(NC(=O)N2CCC(n3ccnc3)CC2)s1. The number of carbonyl (C=O) groups excluding carboxylic acids is 1. The third-order valence-corrected chi connectivity index (χ3v) is 5.01. The van der Waals surface area contributed by atoms with Crippen LogP contribution in [0.2, 0.25) is 0 Å². The Labute approximate surface area is 140 Å². The van der Waals surface area contributed by atoms with Gasteiger partial charge in [-0.05, 0) is 25.2 Å². The van der Waals surface area contributed by atoms with Crippen molar-refractivity contribution in [1.29, 1.82) is 0 Å². The number of likely N-dealkylation sites (tertiary alicyclic amines) is 1. The number of hydrogen-bond acceptors (Lipinski definition) is 4. The Morgan fingerprint density at radius 2 is 2.22 bits per heavy atom. The van der Waals surface area contributed by atoms with Crippen molar-refractivity contribution in [2.24, 2.45) is 5.92 Å². The van der Waals surface area contributed by atoms with Gasteiger partial charge in [-0.2, -0.15) is 0 Å². The first kappa shape index (κ1) is 16.0. The summed E-state index contributed by atoms with van der Waals surface area (Å²) < 4.78 is 2.13. The maximum Gasteiger partial charge on any atom is 0.323 e. The molecule has 1 aliphatic rings. The van der Waals surface area contributed by atoms with Gasteiger partial charge in [-0.3, -0.25) is 5.32 Å². The Kier molecular flexibility index (Phi) is 4.95. The van der Waals surface area contributed by atoms with E-state index in [0.717, 1.165) is 32.4 Å². The number of carbonyl (C=O) groups is 1. The van der Waals surface area contributed by atoms with Gasteiger partial charge in [0.25, 0.3) is 0 Å². The zero-order valence-electron chi connectivity index (χ0n) is 13.6. The van der Waals surface area contributed by atoms with Gasteiger partial charge in [-0.1, -0.05) is 13.8 Å². The zero-order chi connectivity index (χ0) is 16.2. The minimum Gasteiger partial charge on any atom is -0.334 e. The van der Waals surface area contributed by atoms with E-state index in [1.165, 1.54) is 4.88 Å². The van der Waals surface area contributed by atoms with Crippen LogP contribution in [-0.4, -0.2) is 38.6 Å². The molecule has 3 rings (SSSR count). The molecule has 0 atom stereocenters. The number of nitrogens with one attached hydrogen (secondary N) is 1. The van der Waals surface area contributed by atoms with E-state index in [4.69, 9.17) is 0 Å². The van der Waals surface area contributed by atoms with Crippen molar-refractivity contribution in [2.75, 3.05) is 18.4 Å². The summed E-state index contributed by atoms with van der Waals surface area (Å²) in [6.45, 7) is 5.89. The highest BCUT2D eigenvalue weighted by molar-refractivity contribution is 7.15. The molecule has 0 aromatic carbocycles. The minimum atomic E-state index is -0.0421. The molecule has 1 N–H and O–H groups in total. The van der Waals surface area contributed by atoms with E-state index in [0.29, 0.717) is 17.1 Å². The summed E-state index contributed by atoms with van der Waals surface area (Å²) in [5, 5.41) is 3.63. The lowest BCUT2D eigenvalue weighted by Gasteiger charge is -2.32. The molecule has 2 aromatic rings. The lowest BCUT2D eigenvalue weighted by molar-refractivity contribution is 0.183. The molecule has 1 aliphatic heterocycles. The molecular formula is C16H23N5OS. The molecule has 3 heterocycles. The maximum atomic E-state index is 12.4. The minimum absolute atomic E-state index is 0.0421. The monoisotopic (exact) mass is 333 g/mol. The van der Waals surface area contributed by atoms with Crippen molar-refractivity contribution in [3.8, 4) is 0 Å². The van der Waals surface area contributed by atoms with Crippen molar-refractivity contribution < 1.29 is 4.79 Å². The number of imidazole rings is 1. The van der Waals surface area contributed by atoms with Gasteiger partial charge < -0.3 is 9.47 Å². The second-order valence-electron chi connectivity index (χ2n) is 6.39. The average molecular weight is 333 g/mol. The van der Waals surface area contributed by atoms with Crippen LogP contribution in [-0.2, 0) is 6.42 Å². The van der Waals surface area contributed by atoms with Crippen LogP contribution in [0.15, 0.2) is 24.9 Å². The summed E-state index contributed by atoms with van der Waals surface area (Å²) in [6, 6.07) is 0.401. The van der Waals surface area contributed by atoms with Crippen molar-refractivity contribution in [3.63, 3.8) is 0 Å². The van der Waals surface area contributed by atoms with Gasteiger partial charge in [0, 0.05) is 42.6 Å². The first-order valence-corrected chi connectivity index (χ1v) is 8.91.